The van der Waals surface area contributed by atoms with Crippen LogP contribution in [0.4, 0.5) is 13.2 Å². The van der Waals surface area contributed by atoms with Gasteiger partial charge in [0.05, 0.1) is 12.3 Å². The Balaban J connectivity index is 2.35. The van der Waals surface area contributed by atoms with Gasteiger partial charge in [-0.1, -0.05) is 23.7 Å². The smallest absolute Gasteiger partial charge is 0.406 e. The molecule has 21 heavy (non-hydrogen) atoms. The minimum Gasteiger partial charge on any atom is -0.406 e. The van der Waals surface area contributed by atoms with Gasteiger partial charge in [0, 0.05) is 12.7 Å². The third-order valence-electron chi connectivity index (χ3n) is 2.37. The number of methoxy groups -OCH3 is 1. The summed E-state index contributed by atoms with van der Waals surface area (Å²) >= 11 is 5.86. The van der Waals surface area contributed by atoms with Crippen molar-refractivity contribution in [3.05, 3.63) is 41.2 Å². The van der Waals surface area contributed by atoms with Crippen LogP contribution < -0.4 is 4.74 Å². The molecule has 0 unspecified atom stereocenters. The van der Waals surface area contributed by atoms with Crippen molar-refractivity contribution in [1.82, 2.24) is 9.97 Å². The molecule has 0 saturated heterocycles. The third-order valence-corrected chi connectivity index (χ3v) is 2.56. The fourth-order valence-electron chi connectivity index (χ4n) is 1.65. The zero-order valence-corrected chi connectivity index (χ0v) is 11.6. The average Bonchev–Trinajstić information content (AvgIpc) is 2.36. The van der Waals surface area contributed by atoms with Crippen molar-refractivity contribution in [2.24, 2.45) is 0 Å². The number of nitrogens with zero attached hydrogens (tertiary/aromatic N) is 2. The molecule has 0 bridgehead atoms. The maximum Gasteiger partial charge on any atom is 0.573 e. The molecule has 0 spiro atoms. The zero-order chi connectivity index (χ0) is 15.5. The van der Waals surface area contributed by atoms with Crippen molar-refractivity contribution in [2.75, 3.05) is 7.11 Å². The van der Waals surface area contributed by atoms with E-state index in [-0.39, 0.29) is 23.3 Å². The lowest BCUT2D eigenvalue weighted by Gasteiger charge is -2.10. The molecule has 0 aliphatic rings. The van der Waals surface area contributed by atoms with Crippen LogP contribution in [0.3, 0.4) is 0 Å². The molecule has 112 valence electrons. The van der Waals surface area contributed by atoms with E-state index in [4.69, 9.17) is 16.3 Å². The van der Waals surface area contributed by atoms with E-state index in [9.17, 15) is 13.2 Å². The lowest BCUT2D eigenvalue weighted by molar-refractivity contribution is -0.274. The second-order valence-electron chi connectivity index (χ2n) is 4.01. The van der Waals surface area contributed by atoms with Crippen molar-refractivity contribution in [3.63, 3.8) is 0 Å². The van der Waals surface area contributed by atoms with Gasteiger partial charge < -0.3 is 9.47 Å². The summed E-state index contributed by atoms with van der Waals surface area (Å²) in [5.74, 6) is -0.154. The topological polar surface area (TPSA) is 44.2 Å². The minimum absolute atomic E-state index is 0.175. The molecule has 0 amide bonds. The molecule has 0 saturated carbocycles. The summed E-state index contributed by atoms with van der Waals surface area (Å²) in [4.78, 5) is 8.16. The molecule has 0 atom stereocenters. The Morgan fingerprint density at radius 1 is 1.19 bits per heavy atom. The lowest BCUT2D eigenvalue weighted by Crippen LogP contribution is -2.17. The largest absolute Gasteiger partial charge is 0.573 e. The summed E-state index contributed by atoms with van der Waals surface area (Å²) < 4.78 is 45.4. The quantitative estimate of drug-likeness (QED) is 0.803. The summed E-state index contributed by atoms with van der Waals surface area (Å²) in [5.41, 5.74) is 0.881. The number of rotatable bonds is 4. The van der Waals surface area contributed by atoms with E-state index < -0.39 is 6.36 Å². The highest BCUT2D eigenvalue weighted by Gasteiger charge is 2.31. The number of alkyl halides is 3. The Morgan fingerprint density at radius 3 is 2.62 bits per heavy atom. The number of hydrogen-bond acceptors (Lipinski definition) is 4. The summed E-state index contributed by atoms with van der Waals surface area (Å²) in [6, 6.07) is 6.88. The molecule has 1 aromatic heterocycles. The molecule has 4 nitrogen and oxygen atoms in total. The number of aromatic nitrogens is 2. The average molecular weight is 319 g/mol. The van der Waals surface area contributed by atoms with Crippen LogP contribution in [0.15, 0.2) is 30.3 Å². The normalized spacial score (nSPS) is 11.5. The van der Waals surface area contributed by atoms with Gasteiger partial charge in [-0.15, -0.1) is 13.2 Å². The Hall–Kier alpha value is -1.86. The fraction of sp³-hybridized carbons (Fsp3) is 0.231. The van der Waals surface area contributed by atoms with E-state index in [1.165, 1.54) is 31.4 Å². The number of hydrogen-bond donors (Lipinski definition) is 0. The lowest BCUT2D eigenvalue weighted by atomic mass is 10.2. The molecule has 1 heterocycles. The monoisotopic (exact) mass is 318 g/mol. The molecular weight excluding hydrogens is 309 g/mol. The molecule has 0 aliphatic carbocycles. The van der Waals surface area contributed by atoms with E-state index >= 15 is 0 Å². The van der Waals surface area contributed by atoms with E-state index in [1.807, 2.05) is 0 Å². The zero-order valence-electron chi connectivity index (χ0n) is 10.8. The molecule has 2 rings (SSSR count). The number of ether oxygens (including phenoxy) is 2. The molecule has 2 aromatic rings. The maximum atomic E-state index is 12.2. The predicted molar refractivity (Wildman–Crippen MR) is 69.9 cm³/mol. The molecule has 0 radical (unpaired) electrons. The minimum atomic E-state index is -4.75. The van der Waals surface area contributed by atoms with Crippen LogP contribution in [-0.4, -0.2) is 23.4 Å². The summed E-state index contributed by atoms with van der Waals surface area (Å²) in [5, 5.41) is 0.175. The van der Waals surface area contributed by atoms with Crippen LogP contribution in [-0.2, 0) is 11.3 Å². The van der Waals surface area contributed by atoms with Crippen molar-refractivity contribution in [3.8, 4) is 17.1 Å². The Morgan fingerprint density at radius 2 is 1.95 bits per heavy atom. The van der Waals surface area contributed by atoms with Gasteiger partial charge in [0.25, 0.3) is 0 Å². The highest BCUT2D eigenvalue weighted by Crippen LogP contribution is 2.27. The number of benzene rings is 1. The van der Waals surface area contributed by atoms with Gasteiger partial charge in [-0.3, -0.25) is 0 Å². The summed E-state index contributed by atoms with van der Waals surface area (Å²) in [6.07, 6.45) is -4.75. The van der Waals surface area contributed by atoms with E-state index in [0.29, 0.717) is 11.3 Å². The second kappa shape index (κ2) is 6.28. The van der Waals surface area contributed by atoms with Gasteiger partial charge in [-0.2, -0.15) is 0 Å². The fourth-order valence-corrected chi connectivity index (χ4v) is 1.85. The van der Waals surface area contributed by atoms with Crippen LogP contribution in [0.1, 0.15) is 5.69 Å². The Labute approximate surface area is 123 Å². The predicted octanol–water partition coefficient (Wildman–Crippen LogP) is 3.84. The molecular formula is C13H10ClF3N2O2. The summed E-state index contributed by atoms with van der Waals surface area (Å²) in [6.45, 7) is 0.216. The van der Waals surface area contributed by atoms with Gasteiger partial charge in [0.2, 0.25) is 0 Å². The SMILES string of the molecule is COCc1cc(Cl)nc(-c2cccc(OC(F)(F)F)c2)n1. The van der Waals surface area contributed by atoms with Crippen LogP contribution in [0.2, 0.25) is 5.15 Å². The van der Waals surface area contributed by atoms with Crippen LogP contribution in [0.25, 0.3) is 11.4 Å². The van der Waals surface area contributed by atoms with Crippen LogP contribution >= 0.6 is 11.6 Å². The third kappa shape index (κ3) is 4.57. The standard InChI is InChI=1S/C13H10ClF3N2O2/c1-20-7-9-6-11(14)19-12(18-9)8-3-2-4-10(5-8)21-13(15,16)17/h2-6H,7H2,1H3. The van der Waals surface area contributed by atoms with Crippen LogP contribution in [0, 0.1) is 0 Å². The first kappa shape index (κ1) is 15.5. The van der Waals surface area contributed by atoms with Crippen molar-refractivity contribution in [1.29, 1.82) is 0 Å². The Kier molecular flexibility index (Phi) is 4.64. The molecule has 0 N–H and O–H groups in total. The van der Waals surface area contributed by atoms with E-state index in [0.717, 1.165) is 0 Å². The molecule has 8 heteroatoms. The highest BCUT2D eigenvalue weighted by molar-refractivity contribution is 6.29. The van der Waals surface area contributed by atoms with Gasteiger partial charge >= 0.3 is 6.36 Å². The first-order valence-corrected chi connectivity index (χ1v) is 6.14. The molecule has 0 fully saturated rings. The first-order valence-electron chi connectivity index (χ1n) is 5.76. The van der Waals surface area contributed by atoms with Gasteiger partial charge in [0.1, 0.15) is 10.9 Å². The molecule has 0 aliphatic heterocycles. The molecule has 1 aromatic carbocycles. The van der Waals surface area contributed by atoms with E-state index in [2.05, 4.69) is 14.7 Å². The van der Waals surface area contributed by atoms with Crippen molar-refractivity contribution < 1.29 is 22.6 Å². The van der Waals surface area contributed by atoms with Gasteiger partial charge in [-0.25, -0.2) is 9.97 Å². The Bertz CT molecular complexity index is 635. The second-order valence-corrected chi connectivity index (χ2v) is 4.40. The van der Waals surface area contributed by atoms with Crippen molar-refractivity contribution in [2.45, 2.75) is 13.0 Å². The van der Waals surface area contributed by atoms with Crippen molar-refractivity contribution >= 4 is 11.6 Å². The highest BCUT2D eigenvalue weighted by atomic mass is 35.5. The first-order chi connectivity index (χ1) is 9.87. The maximum absolute atomic E-state index is 12.2. The van der Waals surface area contributed by atoms with Gasteiger partial charge in [0.15, 0.2) is 5.82 Å². The van der Waals surface area contributed by atoms with Crippen LogP contribution in [0.5, 0.6) is 5.75 Å². The number of halogens is 4. The van der Waals surface area contributed by atoms with E-state index in [1.54, 1.807) is 6.07 Å². The summed E-state index contributed by atoms with van der Waals surface area (Å²) in [7, 11) is 1.49. The van der Waals surface area contributed by atoms with Gasteiger partial charge in [-0.05, 0) is 18.2 Å².